The number of halogens is 2. The smallest absolute Gasteiger partial charge is 0.267 e. The van der Waals surface area contributed by atoms with Crippen LogP contribution in [0.5, 0.6) is 0 Å². The molecule has 0 fully saturated rings. The molecular weight excluding hydrogens is 419 g/mol. The monoisotopic (exact) mass is 442 g/mol. The van der Waals surface area contributed by atoms with Gasteiger partial charge in [-0.15, -0.1) is 36.2 Å². The van der Waals surface area contributed by atoms with Gasteiger partial charge in [-0.1, -0.05) is 13.8 Å². The summed E-state index contributed by atoms with van der Waals surface area (Å²) in [6.07, 6.45) is 0.792. The summed E-state index contributed by atoms with van der Waals surface area (Å²) in [6.45, 7) is 6.48. The lowest BCUT2D eigenvalue weighted by Gasteiger charge is -2.07. The van der Waals surface area contributed by atoms with Gasteiger partial charge in [0, 0.05) is 11.3 Å². The van der Waals surface area contributed by atoms with Gasteiger partial charge in [0.25, 0.3) is 5.91 Å². The first-order valence-electron chi connectivity index (χ1n) is 8.45. The average molecular weight is 443 g/mol. The minimum absolute atomic E-state index is 0. The molecule has 4 N–H and O–H groups in total. The maximum absolute atomic E-state index is 12.6. The topological polar surface area (TPSA) is 110 Å². The quantitative estimate of drug-likeness (QED) is 0.534. The second kappa shape index (κ2) is 10.5. The molecule has 2 heterocycles. The molecule has 2 aromatic heterocycles. The lowest BCUT2D eigenvalue weighted by Crippen LogP contribution is -2.13. The lowest BCUT2D eigenvalue weighted by atomic mass is 10.1. The van der Waals surface area contributed by atoms with E-state index in [1.165, 1.54) is 11.3 Å². The van der Waals surface area contributed by atoms with Gasteiger partial charge in [0.1, 0.15) is 10.7 Å². The van der Waals surface area contributed by atoms with Gasteiger partial charge in [-0.05, 0) is 43.5 Å². The summed E-state index contributed by atoms with van der Waals surface area (Å²) >= 11 is 1.43. The summed E-state index contributed by atoms with van der Waals surface area (Å²) in [5.41, 5.74) is 7.97. The van der Waals surface area contributed by atoms with Crippen molar-refractivity contribution in [2.75, 3.05) is 5.32 Å². The van der Waals surface area contributed by atoms with Crippen LogP contribution in [0.1, 0.15) is 40.0 Å². The van der Waals surface area contributed by atoms with Crippen LogP contribution in [0.4, 0.5) is 5.69 Å². The van der Waals surface area contributed by atoms with Crippen LogP contribution in [0.15, 0.2) is 24.3 Å². The third-order valence-electron chi connectivity index (χ3n) is 3.74. The molecule has 0 aliphatic carbocycles. The number of aryl methyl sites for hydroxylation is 1. The summed E-state index contributed by atoms with van der Waals surface area (Å²) in [6, 6.07) is 7.40. The lowest BCUT2D eigenvalue weighted by molar-refractivity contribution is 0.102. The van der Waals surface area contributed by atoms with Crippen molar-refractivity contribution in [3.63, 3.8) is 0 Å². The average Bonchev–Trinajstić information content (AvgIpc) is 3.21. The Labute approximate surface area is 180 Å². The number of hydrogen-bond donors (Lipinski definition) is 3. The fraction of sp³-hybridized carbons (Fsp3) is 0.333. The molecule has 0 spiro atoms. The summed E-state index contributed by atoms with van der Waals surface area (Å²) in [5.74, 6) is 1.54. The number of anilines is 1. The number of rotatable bonds is 6. The van der Waals surface area contributed by atoms with E-state index in [1.807, 2.05) is 31.2 Å². The van der Waals surface area contributed by atoms with Crippen molar-refractivity contribution in [1.82, 2.24) is 20.2 Å². The number of carbonyl (C=O) groups excluding carboxylic acids is 1. The Morgan fingerprint density at radius 3 is 2.46 bits per heavy atom. The Kier molecular flexibility index (Phi) is 9.03. The van der Waals surface area contributed by atoms with Crippen LogP contribution in [-0.4, -0.2) is 26.1 Å². The van der Waals surface area contributed by atoms with Gasteiger partial charge < -0.3 is 11.1 Å². The van der Waals surface area contributed by atoms with Crippen molar-refractivity contribution in [2.24, 2.45) is 11.7 Å². The van der Waals surface area contributed by atoms with E-state index in [2.05, 4.69) is 39.3 Å². The van der Waals surface area contributed by atoms with Crippen LogP contribution < -0.4 is 11.1 Å². The highest BCUT2D eigenvalue weighted by molar-refractivity contribution is 7.13. The number of nitrogens with two attached hydrogens (primary N) is 1. The number of nitrogens with one attached hydrogen (secondary N) is 2. The summed E-state index contributed by atoms with van der Waals surface area (Å²) in [7, 11) is 0. The van der Waals surface area contributed by atoms with E-state index in [4.69, 9.17) is 5.73 Å². The van der Waals surface area contributed by atoms with E-state index in [9.17, 15) is 4.79 Å². The predicted molar refractivity (Wildman–Crippen MR) is 118 cm³/mol. The Hall–Kier alpha value is -2.00. The third-order valence-corrected chi connectivity index (χ3v) is 4.75. The van der Waals surface area contributed by atoms with Gasteiger partial charge in [-0.3, -0.25) is 9.89 Å². The van der Waals surface area contributed by atoms with Gasteiger partial charge in [0.05, 0.1) is 17.2 Å². The number of amides is 1. The molecule has 7 nitrogen and oxygen atoms in total. The maximum Gasteiger partial charge on any atom is 0.267 e. The van der Waals surface area contributed by atoms with E-state index in [0.29, 0.717) is 29.0 Å². The van der Waals surface area contributed by atoms with Crippen LogP contribution in [0, 0.1) is 12.8 Å². The standard InChI is InChI=1S/C18H22N6OS.2ClH/c1-10(2)8-14-16(26-11(3)20-14)18(25)21-13-6-4-12(5-7-13)17-22-15(9-19)23-24-17;;/h4-7,10H,8-9,19H2,1-3H3,(H,21,25)(H,22,23,24);2*1H. The molecule has 10 heteroatoms. The number of aromatic amines is 1. The molecule has 0 radical (unpaired) electrons. The highest BCUT2D eigenvalue weighted by atomic mass is 35.5. The minimum Gasteiger partial charge on any atom is -0.324 e. The molecule has 1 aromatic carbocycles. The third kappa shape index (κ3) is 5.75. The number of hydrogen-bond acceptors (Lipinski definition) is 6. The van der Waals surface area contributed by atoms with Gasteiger partial charge in [-0.2, -0.15) is 5.10 Å². The number of nitrogens with zero attached hydrogens (tertiary/aromatic N) is 3. The van der Waals surface area contributed by atoms with E-state index in [1.54, 1.807) is 0 Å². The van der Waals surface area contributed by atoms with Crippen molar-refractivity contribution in [3.8, 4) is 11.4 Å². The zero-order chi connectivity index (χ0) is 18.7. The fourth-order valence-electron chi connectivity index (χ4n) is 2.58. The Morgan fingerprint density at radius 2 is 1.89 bits per heavy atom. The molecule has 0 aliphatic heterocycles. The normalized spacial score (nSPS) is 10.3. The first kappa shape index (κ1) is 24.0. The van der Waals surface area contributed by atoms with Crippen molar-refractivity contribution in [1.29, 1.82) is 0 Å². The maximum atomic E-state index is 12.6. The molecular formula is C18H24Cl2N6OS. The fourth-order valence-corrected chi connectivity index (χ4v) is 3.42. The molecule has 1 amide bonds. The minimum atomic E-state index is -0.123. The number of benzene rings is 1. The van der Waals surface area contributed by atoms with Crippen molar-refractivity contribution < 1.29 is 4.79 Å². The largest absolute Gasteiger partial charge is 0.324 e. The van der Waals surface area contributed by atoms with E-state index in [-0.39, 0.29) is 30.7 Å². The molecule has 0 atom stereocenters. The van der Waals surface area contributed by atoms with Crippen LogP contribution >= 0.6 is 36.2 Å². The van der Waals surface area contributed by atoms with E-state index >= 15 is 0 Å². The van der Waals surface area contributed by atoms with E-state index in [0.717, 1.165) is 28.4 Å². The molecule has 3 rings (SSSR count). The summed E-state index contributed by atoms with van der Waals surface area (Å²) < 4.78 is 0. The van der Waals surface area contributed by atoms with Crippen LogP contribution in [0.3, 0.4) is 0 Å². The first-order chi connectivity index (χ1) is 12.5. The molecule has 152 valence electrons. The molecule has 0 saturated carbocycles. The van der Waals surface area contributed by atoms with Crippen LogP contribution in [0.2, 0.25) is 0 Å². The molecule has 0 aliphatic rings. The van der Waals surface area contributed by atoms with Gasteiger partial charge in [-0.25, -0.2) is 9.97 Å². The molecule has 28 heavy (non-hydrogen) atoms. The van der Waals surface area contributed by atoms with Gasteiger partial charge in [0.2, 0.25) is 0 Å². The first-order valence-corrected chi connectivity index (χ1v) is 9.27. The Morgan fingerprint density at radius 1 is 1.21 bits per heavy atom. The number of thiazole rings is 1. The summed E-state index contributed by atoms with van der Waals surface area (Å²) in [5, 5.41) is 10.8. The van der Waals surface area contributed by atoms with Crippen LogP contribution in [-0.2, 0) is 13.0 Å². The molecule has 0 unspecified atom stereocenters. The second-order valence-electron chi connectivity index (χ2n) is 6.45. The second-order valence-corrected chi connectivity index (χ2v) is 7.65. The zero-order valence-electron chi connectivity index (χ0n) is 15.9. The van der Waals surface area contributed by atoms with Gasteiger partial charge >= 0.3 is 0 Å². The number of aromatic nitrogens is 4. The SMILES string of the molecule is Cc1nc(CC(C)C)c(C(=O)Nc2ccc(-c3n[nH]c(CN)n3)cc2)s1.Cl.Cl. The van der Waals surface area contributed by atoms with E-state index < -0.39 is 0 Å². The predicted octanol–water partition coefficient (Wildman–Crippen LogP) is 3.99. The van der Waals surface area contributed by atoms with Crippen molar-refractivity contribution in [3.05, 3.63) is 45.7 Å². The Balaban J connectivity index is 0.00000196. The highest BCUT2D eigenvalue weighted by Gasteiger charge is 2.18. The zero-order valence-corrected chi connectivity index (χ0v) is 18.3. The number of H-pyrrole nitrogens is 1. The van der Waals surface area contributed by atoms with Crippen LogP contribution in [0.25, 0.3) is 11.4 Å². The van der Waals surface area contributed by atoms with Crippen molar-refractivity contribution >= 4 is 47.7 Å². The molecule has 3 aromatic rings. The summed E-state index contributed by atoms with van der Waals surface area (Å²) in [4.78, 5) is 22.1. The molecule has 0 saturated heterocycles. The molecule has 0 bridgehead atoms. The van der Waals surface area contributed by atoms with Crippen molar-refractivity contribution in [2.45, 2.75) is 33.7 Å². The number of carbonyl (C=O) groups is 1. The Bertz CT molecular complexity index is 907. The van der Waals surface area contributed by atoms with Gasteiger partial charge in [0.15, 0.2) is 5.82 Å². The highest BCUT2D eigenvalue weighted by Crippen LogP contribution is 2.23.